The van der Waals surface area contributed by atoms with E-state index in [1.165, 1.54) is 0 Å². The average molecular weight is 453 g/mol. The summed E-state index contributed by atoms with van der Waals surface area (Å²) in [5.74, 6) is 2.47. The lowest BCUT2D eigenvalue weighted by atomic mass is 10.1. The Morgan fingerprint density at radius 3 is 2.24 bits per heavy atom. The Bertz CT molecular complexity index is 1430. The third-order valence-corrected chi connectivity index (χ3v) is 5.68. The molecule has 0 saturated carbocycles. The van der Waals surface area contributed by atoms with Crippen LogP contribution in [0.2, 0.25) is 0 Å². The van der Waals surface area contributed by atoms with Crippen LogP contribution in [-0.2, 0) is 6.54 Å². The van der Waals surface area contributed by atoms with Crippen LogP contribution in [0.25, 0.3) is 22.3 Å². The largest absolute Gasteiger partial charge is 0.508 e. The lowest BCUT2D eigenvalue weighted by Crippen LogP contribution is -2.03. The Hall–Kier alpha value is -4.52. The van der Waals surface area contributed by atoms with Gasteiger partial charge in [0.15, 0.2) is 0 Å². The van der Waals surface area contributed by atoms with Crippen molar-refractivity contribution in [3.05, 3.63) is 90.8 Å². The zero-order valence-corrected chi connectivity index (χ0v) is 18.9. The van der Waals surface area contributed by atoms with Crippen molar-refractivity contribution in [3.63, 3.8) is 0 Å². The topological polar surface area (TPSA) is 81.4 Å². The molecule has 0 unspecified atom stereocenters. The summed E-state index contributed by atoms with van der Waals surface area (Å²) >= 11 is 0. The third-order valence-electron chi connectivity index (χ3n) is 5.68. The van der Waals surface area contributed by atoms with E-state index in [2.05, 4.69) is 38.1 Å². The zero-order chi connectivity index (χ0) is 23.5. The third kappa shape index (κ3) is 4.23. The first-order valence-corrected chi connectivity index (χ1v) is 10.8. The van der Waals surface area contributed by atoms with Gasteiger partial charge < -0.3 is 24.5 Å². The molecule has 2 aromatic heterocycles. The number of rotatable bonds is 7. The molecule has 7 heteroatoms. The van der Waals surface area contributed by atoms with Gasteiger partial charge in [0.05, 0.1) is 25.3 Å². The van der Waals surface area contributed by atoms with E-state index in [-0.39, 0.29) is 5.75 Å². The monoisotopic (exact) mass is 452 g/mol. The lowest BCUT2D eigenvalue weighted by molar-refractivity contribution is 0.414. The van der Waals surface area contributed by atoms with Gasteiger partial charge >= 0.3 is 0 Å². The second kappa shape index (κ2) is 9.15. The second-order valence-electron chi connectivity index (χ2n) is 7.83. The minimum atomic E-state index is 0.186. The normalized spacial score (nSPS) is 10.9. The number of nitrogens with zero attached hydrogens (tertiary/aromatic N) is 3. The predicted molar refractivity (Wildman–Crippen MR) is 133 cm³/mol. The Morgan fingerprint density at radius 1 is 0.853 bits per heavy atom. The van der Waals surface area contributed by atoms with E-state index < -0.39 is 0 Å². The molecule has 7 nitrogen and oxygen atoms in total. The summed E-state index contributed by atoms with van der Waals surface area (Å²) in [5.41, 5.74) is 4.71. The summed E-state index contributed by atoms with van der Waals surface area (Å²) in [5, 5.41) is 14.0. The van der Waals surface area contributed by atoms with Crippen LogP contribution in [0, 0.1) is 0 Å². The Balaban J connectivity index is 1.63. The molecule has 5 aromatic rings. The number of fused-ring (bicyclic) bond motifs is 1. The molecule has 5 rings (SSSR count). The molecule has 34 heavy (non-hydrogen) atoms. The predicted octanol–water partition coefficient (Wildman–Crippen LogP) is 5.61. The molecule has 2 heterocycles. The summed E-state index contributed by atoms with van der Waals surface area (Å²) in [6, 6.07) is 25.0. The summed E-state index contributed by atoms with van der Waals surface area (Å²) in [7, 11) is 3.32. The van der Waals surface area contributed by atoms with E-state index in [4.69, 9.17) is 9.47 Å². The maximum atomic E-state index is 9.85. The van der Waals surface area contributed by atoms with E-state index in [0.29, 0.717) is 12.4 Å². The maximum Gasteiger partial charge on any atom is 0.146 e. The number of anilines is 2. The molecule has 0 fully saturated rings. The smallest absolute Gasteiger partial charge is 0.146 e. The first-order chi connectivity index (χ1) is 16.6. The van der Waals surface area contributed by atoms with Crippen LogP contribution in [0.5, 0.6) is 17.2 Å². The minimum Gasteiger partial charge on any atom is -0.508 e. The SMILES string of the molecule is COc1ccc(Cn2c(-c3ccc(OC)cc3)cc3c(Nc4cccc(O)c4)ncnc32)cc1. The summed E-state index contributed by atoms with van der Waals surface area (Å²) < 4.78 is 12.8. The zero-order valence-electron chi connectivity index (χ0n) is 18.9. The molecule has 0 aliphatic carbocycles. The number of methoxy groups -OCH3 is 2. The molecule has 0 aliphatic rings. The molecule has 0 radical (unpaired) electrons. The molecule has 0 bridgehead atoms. The maximum absolute atomic E-state index is 9.85. The van der Waals surface area contributed by atoms with Crippen molar-refractivity contribution in [1.82, 2.24) is 14.5 Å². The van der Waals surface area contributed by atoms with E-state index >= 15 is 0 Å². The van der Waals surface area contributed by atoms with Crippen molar-refractivity contribution in [1.29, 1.82) is 0 Å². The van der Waals surface area contributed by atoms with Crippen molar-refractivity contribution in [2.75, 3.05) is 19.5 Å². The minimum absolute atomic E-state index is 0.186. The van der Waals surface area contributed by atoms with Crippen LogP contribution in [0.3, 0.4) is 0 Å². The molecule has 0 saturated heterocycles. The summed E-state index contributed by atoms with van der Waals surface area (Å²) in [6.45, 7) is 0.622. The number of aromatic hydroxyl groups is 1. The summed E-state index contributed by atoms with van der Waals surface area (Å²) in [6.07, 6.45) is 1.55. The van der Waals surface area contributed by atoms with Crippen LogP contribution in [-0.4, -0.2) is 33.9 Å². The van der Waals surface area contributed by atoms with Crippen LogP contribution in [0.4, 0.5) is 11.5 Å². The number of phenolic OH excluding ortho intramolecular Hbond substituents is 1. The number of hydrogen-bond donors (Lipinski definition) is 2. The van der Waals surface area contributed by atoms with Gasteiger partial charge in [-0.3, -0.25) is 0 Å². The Morgan fingerprint density at radius 2 is 1.56 bits per heavy atom. The highest BCUT2D eigenvalue weighted by Crippen LogP contribution is 2.33. The van der Waals surface area contributed by atoms with Gasteiger partial charge in [-0.05, 0) is 65.7 Å². The molecule has 0 spiro atoms. The van der Waals surface area contributed by atoms with E-state index in [1.807, 2.05) is 42.5 Å². The molecule has 0 amide bonds. The van der Waals surface area contributed by atoms with Gasteiger partial charge in [-0.2, -0.15) is 0 Å². The number of benzene rings is 3. The fourth-order valence-electron chi connectivity index (χ4n) is 3.96. The first-order valence-electron chi connectivity index (χ1n) is 10.8. The van der Waals surface area contributed by atoms with Gasteiger partial charge in [0, 0.05) is 18.3 Å². The van der Waals surface area contributed by atoms with Gasteiger partial charge in [0.25, 0.3) is 0 Å². The number of nitrogens with one attached hydrogen (secondary N) is 1. The van der Waals surface area contributed by atoms with Crippen LogP contribution in [0.15, 0.2) is 85.2 Å². The van der Waals surface area contributed by atoms with Crippen molar-refractivity contribution in [2.24, 2.45) is 0 Å². The van der Waals surface area contributed by atoms with Gasteiger partial charge in [0.2, 0.25) is 0 Å². The average Bonchev–Trinajstić information content (AvgIpc) is 3.24. The molecule has 170 valence electrons. The molecule has 0 atom stereocenters. The fourth-order valence-corrected chi connectivity index (χ4v) is 3.96. The Labute approximate surface area is 197 Å². The number of hydrogen-bond acceptors (Lipinski definition) is 6. The van der Waals surface area contributed by atoms with Crippen molar-refractivity contribution >= 4 is 22.5 Å². The van der Waals surface area contributed by atoms with Crippen LogP contribution >= 0.6 is 0 Å². The lowest BCUT2D eigenvalue weighted by Gasteiger charge is -2.12. The molecule has 2 N–H and O–H groups in total. The van der Waals surface area contributed by atoms with Crippen molar-refractivity contribution in [2.45, 2.75) is 6.54 Å². The number of aromatic nitrogens is 3. The highest BCUT2D eigenvalue weighted by atomic mass is 16.5. The highest BCUT2D eigenvalue weighted by molar-refractivity contribution is 5.94. The van der Waals surface area contributed by atoms with Gasteiger partial charge in [-0.15, -0.1) is 0 Å². The van der Waals surface area contributed by atoms with Crippen LogP contribution in [0.1, 0.15) is 5.56 Å². The number of ether oxygens (including phenoxy) is 2. The fraction of sp³-hybridized carbons (Fsp3) is 0.111. The second-order valence-corrected chi connectivity index (χ2v) is 7.83. The van der Waals surface area contributed by atoms with Crippen molar-refractivity contribution < 1.29 is 14.6 Å². The van der Waals surface area contributed by atoms with Crippen LogP contribution < -0.4 is 14.8 Å². The van der Waals surface area contributed by atoms with Gasteiger partial charge in [0.1, 0.15) is 35.0 Å². The summed E-state index contributed by atoms with van der Waals surface area (Å²) in [4.78, 5) is 9.11. The van der Waals surface area contributed by atoms with E-state index in [9.17, 15) is 5.11 Å². The molecular formula is C27H24N4O3. The quantitative estimate of drug-likeness (QED) is 0.334. The van der Waals surface area contributed by atoms with Crippen molar-refractivity contribution in [3.8, 4) is 28.5 Å². The molecule has 0 aliphatic heterocycles. The van der Waals surface area contributed by atoms with Gasteiger partial charge in [-0.25, -0.2) is 9.97 Å². The standard InChI is InChI=1S/C27H24N4O3/c1-33-22-10-6-18(7-11-22)16-31-25(19-8-12-23(34-2)13-9-19)15-24-26(28-17-29-27(24)31)30-20-4-3-5-21(32)14-20/h3-15,17,32H,16H2,1-2H3,(H,28,29,30). The van der Waals surface area contributed by atoms with E-state index in [0.717, 1.165) is 45.0 Å². The first kappa shape index (κ1) is 21.3. The Kier molecular flexibility index (Phi) is 5.74. The van der Waals surface area contributed by atoms with E-state index in [1.54, 1.807) is 38.7 Å². The van der Waals surface area contributed by atoms with Gasteiger partial charge in [-0.1, -0.05) is 18.2 Å². The molecular weight excluding hydrogens is 428 g/mol. The number of phenols is 1. The highest BCUT2D eigenvalue weighted by Gasteiger charge is 2.16. The molecule has 3 aromatic carbocycles.